The van der Waals surface area contributed by atoms with Gasteiger partial charge in [0.05, 0.1) is 5.75 Å². The van der Waals surface area contributed by atoms with Gasteiger partial charge in [-0.3, -0.25) is 9.59 Å². The normalized spacial score (nSPS) is 10.6. The number of carbonyl (C=O) groups is 1. The smallest absolute Gasteiger partial charge is 0.251 e. The first-order chi connectivity index (χ1) is 10.1. The van der Waals surface area contributed by atoms with Crippen LogP contribution in [0.3, 0.4) is 0 Å². The molecule has 2 rings (SSSR count). The summed E-state index contributed by atoms with van der Waals surface area (Å²) in [5, 5.41) is 0.497. The summed E-state index contributed by atoms with van der Waals surface area (Å²) in [6.07, 6.45) is 1.69. The number of Topliss-reactive ketones (excluding diaryl/α,β-unsaturated/α-hetero) is 1. The van der Waals surface area contributed by atoms with Gasteiger partial charge in [0.25, 0.3) is 5.56 Å². The lowest BCUT2D eigenvalue weighted by Crippen LogP contribution is -2.11. The highest BCUT2D eigenvalue weighted by atomic mass is 79.9. The Labute approximate surface area is 135 Å². The van der Waals surface area contributed by atoms with Gasteiger partial charge in [-0.1, -0.05) is 53.2 Å². The average Bonchev–Trinajstić information content (AvgIpc) is 2.45. The van der Waals surface area contributed by atoms with Crippen LogP contribution in [-0.2, 0) is 6.42 Å². The standard InChI is InChI=1S/C15H15BrN2O2S/c1-2-3-12-8-14(20)18-15(17-12)21-9-13(19)10-4-6-11(16)7-5-10/h4-8H,2-3,9H2,1H3,(H,17,18,20). The van der Waals surface area contributed by atoms with Crippen molar-refractivity contribution in [3.05, 3.63) is 56.4 Å². The van der Waals surface area contributed by atoms with Crippen molar-refractivity contribution < 1.29 is 4.79 Å². The van der Waals surface area contributed by atoms with Crippen molar-refractivity contribution in [3.63, 3.8) is 0 Å². The van der Waals surface area contributed by atoms with E-state index in [2.05, 4.69) is 25.9 Å². The highest BCUT2D eigenvalue weighted by Crippen LogP contribution is 2.16. The zero-order valence-electron chi connectivity index (χ0n) is 11.6. The molecule has 0 fully saturated rings. The van der Waals surface area contributed by atoms with Gasteiger partial charge < -0.3 is 4.98 Å². The van der Waals surface area contributed by atoms with Crippen LogP contribution in [0.25, 0.3) is 0 Å². The summed E-state index contributed by atoms with van der Waals surface area (Å²) in [5.41, 5.74) is 1.24. The molecule has 0 aliphatic carbocycles. The number of aromatic amines is 1. The number of rotatable bonds is 6. The molecule has 0 atom stereocenters. The van der Waals surface area contributed by atoms with E-state index in [0.29, 0.717) is 10.7 Å². The van der Waals surface area contributed by atoms with Crippen molar-refractivity contribution in [3.8, 4) is 0 Å². The Kier molecular flexibility index (Phi) is 5.76. The molecule has 0 bridgehead atoms. The molecule has 6 heteroatoms. The van der Waals surface area contributed by atoms with Crippen molar-refractivity contribution in [2.24, 2.45) is 0 Å². The molecule has 0 spiro atoms. The molecule has 0 amide bonds. The number of aromatic nitrogens is 2. The fourth-order valence-electron chi connectivity index (χ4n) is 1.79. The van der Waals surface area contributed by atoms with E-state index in [1.54, 1.807) is 12.1 Å². The third-order valence-corrected chi connectivity index (χ3v) is 4.19. The number of nitrogens with one attached hydrogen (secondary N) is 1. The number of nitrogens with zero attached hydrogens (tertiary/aromatic N) is 1. The first-order valence-electron chi connectivity index (χ1n) is 6.60. The summed E-state index contributed by atoms with van der Waals surface area (Å²) >= 11 is 4.59. The molecule has 1 heterocycles. The van der Waals surface area contributed by atoms with Crippen molar-refractivity contribution in [2.45, 2.75) is 24.9 Å². The highest BCUT2D eigenvalue weighted by Gasteiger charge is 2.08. The Morgan fingerprint density at radius 3 is 2.71 bits per heavy atom. The molecule has 0 aliphatic heterocycles. The van der Waals surface area contributed by atoms with E-state index in [9.17, 15) is 9.59 Å². The zero-order valence-corrected chi connectivity index (χ0v) is 14.0. The highest BCUT2D eigenvalue weighted by molar-refractivity contribution is 9.10. The number of ketones is 1. The monoisotopic (exact) mass is 366 g/mol. The maximum absolute atomic E-state index is 12.1. The van der Waals surface area contributed by atoms with Gasteiger partial charge in [0.2, 0.25) is 0 Å². The van der Waals surface area contributed by atoms with Crippen molar-refractivity contribution in [1.82, 2.24) is 9.97 Å². The number of thioether (sulfide) groups is 1. The van der Waals surface area contributed by atoms with Crippen LogP contribution in [0.2, 0.25) is 0 Å². The SMILES string of the molecule is CCCc1cc(=O)[nH]c(SCC(=O)c2ccc(Br)cc2)n1. The van der Waals surface area contributed by atoms with Gasteiger partial charge in [-0.15, -0.1) is 0 Å². The van der Waals surface area contributed by atoms with Crippen LogP contribution in [0.4, 0.5) is 0 Å². The molecular formula is C15H15BrN2O2S. The molecular weight excluding hydrogens is 352 g/mol. The average molecular weight is 367 g/mol. The molecule has 21 heavy (non-hydrogen) atoms. The van der Waals surface area contributed by atoms with E-state index in [-0.39, 0.29) is 17.1 Å². The number of benzene rings is 1. The van der Waals surface area contributed by atoms with E-state index in [0.717, 1.165) is 23.0 Å². The Morgan fingerprint density at radius 1 is 1.33 bits per heavy atom. The number of aryl methyl sites for hydroxylation is 1. The predicted molar refractivity (Wildman–Crippen MR) is 88.0 cm³/mol. The lowest BCUT2D eigenvalue weighted by molar-refractivity contribution is 0.102. The van der Waals surface area contributed by atoms with Gasteiger partial charge in [0, 0.05) is 21.8 Å². The molecule has 1 aromatic heterocycles. The molecule has 0 aliphatic rings. The quantitative estimate of drug-likeness (QED) is 0.483. The minimum Gasteiger partial charge on any atom is -0.301 e. The molecule has 110 valence electrons. The predicted octanol–water partition coefficient (Wildman–Crippen LogP) is 3.46. The van der Waals surface area contributed by atoms with Gasteiger partial charge >= 0.3 is 0 Å². The molecule has 1 N–H and O–H groups in total. The maximum Gasteiger partial charge on any atom is 0.251 e. The van der Waals surface area contributed by atoms with Crippen LogP contribution in [-0.4, -0.2) is 21.5 Å². The topological polar surface area (TPSA) is 62.8 Å². The van der Waals surface area contributed by atoms with E-state index < -0.39 is 0 Å². The van der Waals surface area contributed by atoms with Gasteiger partial charge in [0.15, 0.2) is 10.9 Å². The fourth-order valence-corrected chi connectivity index (χ4v) is 2.84. The Hall–Kier alpha value is -1.40. The van der Waals surface area contributed by atoms with Gasteiger partial charge in [-0.25, -0.2) is 4.98 Å². The Morgan fingerprint density at radius 2 is 2.05 bits per heavy atom. The lowest BCUT2D eigenvalue weighted by atomic mass is 10.2. The third kappa shape index (κ3) is 4.82. The number of hydrogen-bond acceptors (Lipinski definition) is 4. The Balaban J connectivity index is 2.04. The lowest BCUT2D eigenvalue weighted by Gasteiger charge is -2.03. The van der Waals surface area contributed by atoms with Crippen molar-refractivity contribution in [1.29, 1.82) is 0 Å². The van der Waals surface area contributed by atoms with E-state index >= 15 is 0 Å². The van der Waals surface area contributed by atoms with Crippen molar-refractivity contribution in [2.75, 3.05) is 5.75 Å². The summed E-state index contributed by atoms with van der Waals surface area (Å²) in [7, 11) is 0. The van der Waals surface area contributed by atoms with E-state index in [1.807, 2.05) is 19.1 Å². The third-order valence-electron chi connectivity index (χ3n) is 2.79. The maximum atomic E-state index is 12.1. The summed E-state index contributed by atoms with van der Waals surface area (Å²) < 4.78 is 0.935. The molecule has 1 aromatic carbocycles. The summed E-state index contributed by atoms with van der Waals surface area (Å²) in [6, 6.07) is 8.72. The molecule has 0 unspecified atom stereocenters. The van der Waals surface area contributed by atoms with Gasteiger partial charge in [0.1, 0.15) is 0 Å². The van der Waals surface area contributed by atoms with Crippen LogP contribution in [0, 0.1) is 0 Å². The van der Waals surface area contributed by atoms with Crippen LogP contribution >= 0.6 is 27.7 Å². The molecule has 2 aromatic rings. The minimum absolute atomic E-state index is 0.0102. The second-order valence-corrected chi connectivity index (χ2v) is 6.39. The summed E-state index contributed by atoms with van der Waals surface area (Å²) in [4.78, 5) is 30.6. The number of halogens is 1. The van der Waals surface area contributed by atoms with Crippen LogP contribution in [0.15, 0.2) is 44.8 Å². The number of carbonyl (C=O) groups excluding carboxylic acids is 1. The number of hydrogen-bond donors (Lipinski definition) is 1. The van der Waals surface area contributed by atoms with Crippen molar-refractivity contribution >= 4 is 33.5 Å². The second kappa shape index (κ2) is 7.56. The molecule has 4 nitrogen and oxygen atoms in total. The largest absolute Gasteiger partial charge is 0.301 e. The van der Waals surface area contributed by atoms with Crippen LogP contribution in [0.5, 0.6) is 0 Å². The van der Waals surface area contributed by atoms with Crippen LogP contribution in [0.1, 0.15) is 29.4 Å². The molecule has 0 radical (unpaired) electrons. The first-order valence-corrected chi connectivity index (χ1v) is 8.38. The molecule has 0 saturated carbocycles. The summed E-state index contributed by atoms with van der Waals surface area (Å²) in [6.45, 7) is 2.03. The van der Waals surface area contributed by atoms with E-state index in [1.165, 1.54) is 17.8 Å². The fraction of sp³-hybridized carbons (Fsp3) is 0.267. The summed E-state index contributed by atoms with van der Waals surface area (Å²) in [5.74, 6) is 0.260. The zero-order chi connectivity index (χ0) is 15.2. The minimum atomic E-state index is -0.174. The van der Waals surface area contributed by atoms with Gasteiger partial charge in [-0.2, -0.15) is 0 Å². The Bertz CT molecular complexity index is 683. The second-order valence-electron chi connectivity index (χ2n) is 4.51. The molecule has 0 saturated heterocycles. The first kappa shape index (κ1) is 16.0. The van der Waals surface area contributed by atoms with E-state index in [4.69, 9.17) is 0 Å². The number of H-pyrrole nitrogens is 1. The van der Waals surface area contributed by atoms with Crippen LogP contribution < -0.4 is 5.56 Å². The van der Waals surface area contributed by atoms with Gasteiger partial charge in [-0.05, 0) is 18.6 Å².